The summed E-state index contributed by atoms with van der Waals surface area (Å²) in [6, 6.07) is -0.450. The number of rotatable bonds is 4. The first-order valence-corrected chi connectivity index (χ1v) is 9.58. The summed E-state index contributed by atoms with van der Waals surface area (Å²) >= 11 is 0. The summed E-state index contributed by atoms with van der Waals surface area (Å²) in [5.41, 5.74) is 8.54. The van der Waals surface area contributed by atoms with Crippen LogP contribution in [-0.2, 0) is 9.59 Å². The van der Waals surface area contributed by atoms with Gasteiger partial charge in [0.2, 0.25) is 5.91 Å². The normalized spacial score (nSPS) is 23.7. The van der Waals surface area contributed by atoms with Crippen molar-refractivity contribution in [2.75, 3.05) is 0 Å². The van der Waals surface area contributed by atoms with E-state index in [0.29, 0.717) is 6.42 Å². The van der Waals surface area contributed by atoms with Crippen LogP contribution in [0.25, 0.3) is 5.53 Å². The van der Waals surface area contributed by atoms with Gasteiger partial charge in [-0.15, -0.1) is 0 Å². The molecule has 0 spiro atoms. The number of amides is 1. The fraction of sp³-hybridized carbons (Fsp3) is 0.769. The third-order valence-electron chi connectivity index (χ3n) is 4.57. The summed E-state index contributed by atoms with van der Waals surface area (Å²) in [6.07, 6.45) is 1.56. The van der Waals surface area contributed by atoms with Crippen LogP contribution in [0.15, 0.2) is 0 Å². The van der Waals surface area contributed by atoms with Gasteiger partial charge in [0.05, 0.1) is 5.92 Å². The first-order chi connectivity index (χ1) is 8.59. The molecule has 0 aliphatic carbocycles. The molecule has 0 bridgehead atoms. The van der Waals surface area contributed by atoms with E-state index in [-0.39, 0.29) is 22.6 Å². The van der Waals surface area contributed by atoms with Gasteiger partial charge in [0.15, 0.2) is 8.24 Å². The van der Waals surface area contributed by atoms with Gasteiger partial charge in [-0.05, 0) is 11.5 Å². The Morgan fingerprint density at radius 3 is 2.37 bits per heavy atom. The van der Waals surface area contributed by atoms with Gasteiger partial charge in [0.1, 0.15) is 6.04 Å². The number of carbonyl (C=O) groups excluding carboxylic acids is 2. The van der Waals surface area contributed by atoms with Crippen molar-refractivity contribution < 1.29 is 14.4 Å². The Balaban J connectivity index is 3.16. The standard InChI is InChI=1S/C13H23N3O2Si/c1-7-9-11(10(17)8-15-14)16(12(9)18)19(5,6)13(2,3)4/h8-9,11H,7H2,1-6H3/t9-,11-/m1/s1. The van der Waals surface area contributed by atoms with E-state index in [0.717, 1.165) is 6.21 Å². The molecular weight excluding hydrogens is 258 g/mol. The number of carbonyl (C=O) groups is 2. The van der Waals surface area contributed by atoms with Gasteiger partial charge in [-0.25, -0.2) is 0 Å². The zero-order valence-corrected chi connectivity index (χ0v) is 13.6. The lowest BCUT2D eigenvalue weighted by Crippen LogP contribution is -2.74. The van der Waals surface area contributed by atoms with E-state index >= 15 is 0 Å². The highest BCUT2D eigenvalue weighted by molar-refractivity contribution is 6.80. The fourth-order valence-corrected chi connectivity index (χ4v) is 4.83. The van der Waals surface area contributed by atoms with Gasteiger partial charge in [-0.1, -0.05) is 40.8 Å². The lowest BCUT2D eigenvalue weighted by atomic mass is 9.85. The molecule has 0 saturated carbocycles. The zero-order valence-electron chi connectivity index (χ0n) is 12.6. The van der Waals surface area contributed by atoms with Crippen LogP contribution in [0.5, 0.6) is 0 Å². The van der Waals surface area contributed by atoms with Crippen LogP contribution in [-0.4, -0.2) is 41.5 Å². The molecule has 0 N–H and O–H groups in total. The minimum Gasteiger partial charge on any atom is -0.361 e. The molecule has 6 heteroatoms. The lowest BCUT2D eigenvalue weighted by molar-refractivity contribution is -0.153. The van der Waals surface area contributed by atoms with E-state index < -0.39 is 14.3 Å². The monoisotopic (exact) mass is 281 g/mol. The van der Waals surface area contributed by atoms with Crippen molar-refractivity contribution in [1.29, 1.82) is 0 Å². The SMILES string of the molecule is CC[C@H]1C(=O)N([Si](C)(C)C(C)(C)C)[C@H]1C(=O)C=[N+]=[N-]. The molecule has 0 radical (unpaired) electrons. The maximum Gasteiger partial charge on any atom is 0.325 e. The van der Waals surface area contributed by atoms with Crippen LogP contribution in [0.1, 0.15) is 34.1 Å². The molecule has 2 atom stereocenters. The highest BCUT2D eigenvalue weighted by Crippen LogP contribution is 2.45. The van der Waals surface area contributed by atoms with Gasteiger partial charge in [-0.3, -0.25) is 9.59 Å². The van der Waals surface area contributed by atoms with Crippen LogP contribution in [0.4, 0.5) is 0 Å². The lowest BCUT2D eigenvalue weighted by Gasteiger charge is -2.57. The predicted molar refractivity (Wildman–Crippen MR) is 76.3 cm³/mol. The van der Waals surface area contributed by atoms with Crippen LogP contribution in [0.3, 0.4) is 0 Å². The number of nitrogens with zero attached hydrogens (tertiary/aromatic N) is 3. The second-order valence-corrected chi connectivity index (χ2v) is 11.7. The summed E-state index contributed by atoms with van der Waals surface area (Å²) in [6.45, 7) is 12.4. The van der Waals surface area contributed by atoms with E-state index in [2.05, 4.69) is 38.7 Å². The minimum absolute atomic E-state index is 0.0176. The Labute approximate surface area is 115 Å². The molecule has 106 valence electrons. The van der Waals surface area contributed by atoms with Gasteiger partial charge < -0.3 is 10.1 Å². The minimum atomic E-state index is -2.08. The molecule has 5 nitrogen and oxygen atoms in total. The molecule has 1 amide bonds. The Bertz CT molecular complexity index is 447. The van der Waals surface area contributed by atoms with Gasteiger partial charge in [-0.2, -0.15) is 4.79 Å². The summed E-state index contributed by atoms with van der Waals surface area (Å²) in [7, 11) is -2.08. The number of Topliss-reactive ketones (excluding diaryl/α,β-unsaturated/α-hetero) is 1. The third kappa shape index (κ3) is 2.42. The topological polar surface area (TPSA) is 73.8 Å². The number of β-lactam (4-membered cyclic amide) rings is 1. The molecule has 0 aromatic rings. The molecule has 1 aliphatic rings. The van der Waals surface area contributed by atoms with Crippen molar-refractivity contribution in [3.8, 4) is 0 Å². The molecule has 0 aromatic carbocycles. The summed E-state index contributed by atoms with van der Waals surface area (Å²) in [4.78, 5) is 27.2. The molecular formula is C13H23N3O2Si. The van der Waals surface area contributed by atoms with Crippen LogP contribution in [0.2, 0.25) is 18.1 Å². The Kier molecular flexibility index (Phi) is 4.17. The molecule has 0 unspecified atom stereocenters. The van der Waals surface area contributed by atoms with E-state index in [9.17, 15) is 9.59 Å². The second kappa shape index (κ2) is 5.02. The van der Waals surface area contributed by atoms with E-state index in [1.165, 1.54) is 0 Å². The molecule has 1 fully saturated rings. The van der Waals surface area contributed by atoms with Crippen molar-refractivity contribution >= 4 is 26.1 Å². The highest BCUT2D eigenvalue weighted by Gasteiger charge is 2.59. The number of ketones is 1. The Hall–Kier alpha value is -1.26. The average Bonchev–Trinajstić information content (AvgIpc) is 2.24. The first-order valence-electron chi connectivity index (χ1n) is 6.64. The van der Waals surface area contributed by atoms with Crippen molar-refractivity contribution in [1.82, 2.24) is 4.57 Å². The summed E-state index contributed by atoms with van der Waals surface area (Å²) in [5, 5.41) is -0.0176. The quantitative estimate of drug-likeness (QED) is 0.260. The fourth-order valence-electron chi connectivity index (χ4n) is 2.39. The van der Waals surface area contributed by atoms with Gasteiger partial charge >= 0.3 is 6.21 Å². The van der Waals surface area contributed by atoms with E-state index in [4.69, 9.17) is 5.53 Å². The molecule has 0 aromatic heterocycles. The number of hydrogen-bond acceptors (Lipinski definition) is 2. The second-order valence-electron chi connectivity index (χ2n) is 6.62. The van der Waals surface area contributed by atoms with Gasteiger partial charge in [0, 0.05) is 0 Å². The number of hydrogen-bond donors (Lipinski definition) is 0. The summed E-state index contributed by atoms with van der Waals surface area (Å²) in [5.74, 6) is -0.475. The van der Waals surface area contributed by atoms with Gasteiger partial charge in [0.25, 0.3) is 5.78 Å². The van der Waals surface area contributed by atoms with E-state index in [1.807, 2.05) is 6.92 Å². The Morgan fingerprint density at radius 2 is 2.00 bits per heavy atom. The van der Waals surface area contributed by atoms with Crippen LogP contribution < -0.4 is 0 Å². The van der Waals surface area contributed by atoms with Crippen molar-refractivity contribution in [3.63, 3.8) is 0 Å². The smallest absolute Gasteiger partial charge is 0.325 e. The third-order valence-corrected chi connectivity index (χ3v) is 9.94. The average molecular weight is 281 g/mol. The maximum absolute atomic E-state index is 12.3. The summed E-state index contributed by atoms with van der Waals surface area (Å²) < 4.78 is 1.78. The molecule has 1 heterocycles. The molecule has 1 rings (SSSR count). The maximum atomic E-state index is 12.3. The molecule has 19 heavy (non-hydrogen) atoms. The highest BCUT2D eigenvalue weighted by atomic mass is 28.3. The van der Waals surface area contributed by atoms with Crippen LogP contribution >= 0.6 is 0 Å². The largest absolute Gasteiger partial charge is 0.361 e. The predicted octanol–water partition coefficient (Wildman–Crippen LogP) is 2.10. The van der Waals surface area contributed by atoms with Crippen molar-refractivity contribution in [2.24, 2.45) is 5.92 Å². The molecule has 1 saturated heterocycles. The molecule has 1 aliphatic heterocycles. The zero-order chi connectivity index (χ0) is 15.0. The van der Waals surface area contributed by atoms with Crippen molar-refractivity contribution in [3.05, 3.63) is 5.53 Å². The first kappa shape index (κ1) is 15.8. The van der Waals surface area contributed by atoms with Crippen molar-refractivity contribution in [2.45, 2.75) is 58.3 Å². The Morgan fingerprint density at radius 1 is 1.47 bits per heavy atom. The van der Waals surface area contributed by atoms with E-state index in [1.54, 1.807) is 4.57 Å². The van der Waals surface area contributed by atoms with Crippen LogP contribution in [0, 0.1) is 5.92 Å².